The molecule has 116 valence electrons. The summed E-state index contributed by atoms with van der Waals surface area (Å²) in [6.45, 7) is 7.46. The van der Waals surface area contributed by atoms with E-state index in [1.165, 1.54) is 0 Å². The molecule has 1 unspecified atom stereocenters. The van der Waals surface area contributed by atoms with Crippen molar-refractivity contribution < 1.29 is 14.7 Å². The lowest BCUT2D eigenvalue weighted by Gasteiger charge is -2.30. The summed E-state index contributed by atoms with van der Waals surface area (Å²) >= 11 is 6.05. The summed E-state index contributed by atoms with van der Waals surface area (Å²) in [7, 11) is 0. The summed E-state index contributed by atoms with van der Waals surface area (Å²) in [6, 6.07) is 4.36. The lowest BCUT2D eigenvalue weighted by atomic mass is 9.85. The zero-order valence-electron chi connectivity index (χ0n) is 12.7. The van der Waals surface area contributed by atoms with Crippen LogP contribution < -0.4 is 10.6 Å². The van der Waals surface area contributed by atoms with Gasteiger partial charge < -0.3 is 15.7 Å². The molecule has 1 atom stereocenters. The van der Waals surface area contributed by atoms with Crippen LogP contribution in [-0.2, 0) is 4.79 Å². The second kappa shape index (κ2) is 6.80. The predicted molar refractivity (Wildman–Crippen MR) is 83.8 cm³/mol. The van der Waals surface area contributed by atoms with Gasteiger partial charge in [-0.1, -0.05) is 44.5 Å². The molecule has 0 saturated carbocycles. The first-order valence-corrected chi connectivity index (χ1v) is 7.03. The van der Waals surface area contributed by atoms with E-state index in [1.54, 1.807) is 12.1 Å². The smallest absolute Gasteiger partial charge is 0.319 e. The molecule has 1 aromatic carbocycles. The van der Waals surface area contributed by atoms with Crippen molar-refractivity contribution in [2.45, 2.75) is 40.2 Å². The van der Waals surface area contributed by atoms with Crippen molar-refractivity contribution in [3.05, 3.63) is 28.8 Å². The van der Waals surface area contributed by atoms with Crippen LogP contribution in [0.4, 0.5) is 10.5 Å². The summed E-state index contributed by atoms with van der Waals surface area (Å²) in [5.41, 5.74) is 0.994. The number of aryl methyl sites for hydroxylation is 1. The SMILES string of the molecule is Cc1cccc(Cl)c1NC(=O)NC(CC(=O)O)C(C)(C)C. The van der Waals surface area contributed by atoms with E-state index in [4.69, 9.17) is 16.7 Å². The minimum atomic E-state index is -0.954. The van der Waals surface area contributed by atoms with E-state index in [9.17, 15) is 9.59 Å². The van der Waals surface area contributed by atoms with E-state index < -0.39 is 18.0 Å². The minimum absolute atomic E-state index is 0.140. The average Bonchev–Trinajstić information content (AvgIpc) is 2.31. The first-order chi connectivity index (χ1) is 9.61. The van der Waals surface area contributed by atoms with E-state index in [1.807, 2.05) is 33.8 Å². The molecule has 0 aliphatic heterocycles. The third kappa shape index (κ3) is 5.27. The third-order valence-electron chi connectivity index (χ3n) is 3.19. The highest BCUT2D eigenvalue weighted by Gasteiger charge is 2.28. The molecular weight excluding hydrogens is 292 g/mol. The molecule has 1 aromatic rings. The highest BCUT2D eigenvalue weighted by atomic mass is 35.5. The molecule has 5 nitrogen and oxygen atoms in total. The first-order valence-electron chi connectivity index (χ1n) is 6.65. The monoisotopic (exact) mass is 312 g/mol. The Labute approximate surface area is 129 Å². The second-order valence-electron chi connectivity index (χ2n) is 6.05. The van der Waals surface area contributed by atoms with Gasteiger partial charge in [0.25, 0.3) is 0 Å². The lowest BCUT2D eigenvalue weighted by molar-refractivity contribution is -0.138. The van der Waals surface area contributed by atoms with Gasteiger partial charge in [-0.2, -0.15) is 0 Å². The summed E-state index contributed by atoms with van der Waals surface area (Å²) in [4.78, 5) is 23.0. The molecule has 0 radical (unpaired) electrons. The Morgan fingerprint density at radius 3 is 2.43 bits per heavy atom. The number of nitrogens with one attached hydrogen (secondary N) is 2. The molecule has 1 rings (SSSR count). The van der Waals surface area contributed by atoms with E-state index in [2.05, 4.69) is 10.6 Å². The minimum Gasteiger partial charge on any atom is -0.481 e. The quantitative estimate of drug-likeness (QED) is 0.794. The number of amides is 2. The van der Waals surface area contributed by atoms with E-state index in [0.29, 0.717) is 10.7 Å². The molecule has 21 heavy (non-hydrogen) atoms. The number of halogens is 1. The average molecular weight is 313 g/mol. The van der Waals surface area contributed by atoms with Crippen molar-refractivity contribution in [1.82, 2.24) is 5.32 Å². The molecule has 0 aliphatic rings. The molecule has 0 heterocycles. The van der Waals surface area contributed by atoms with Gasteiger partial charge >= 0.3 is 12.0 Å². The molecule has 0 saturated heterocycles. The number of carboxylic acids is 1. The number of benzene rings is 1. The Hall–Kier alpha value is -1.75. The summed E-state index contributed by atoms with van der Waals surface area (Å²) in [6.07, 6.45) is -0.140. The Bertz CT molecular complexity index is 518. The van der Waals surface area contributed by atoms with Gasteiger partial charge in [0.05, 0.1) is 17.1 Å². The fraction of sp³-hybridized carbons (Fsp3) is 0.467. The number of aliphatic carboxylic acids is 1. The van der Waals surface area contributed by atoms with Crippen LogP contribution in [-0.4, -0.2) is 23.1 Å². The van der Waals surface area contributed by atoms with Crippen LogP contribution in [0.3, 0.4) is 0 Å². The Kier molecular flexibility index (Phi) is 5.61. The van der Waals surface area contributed by atoms with Crippen LogP contribution in [0.25, 0.3) is 0 Å². The van der Waals surface area contributed by atoms with Crippen molar-refractivity contribution in [2.75, 3.05) is 5.32 Å². The highest BCUT2D eigenvalue weighted by molar-refractivity contribution is 6.33. The van der Waals surface area contributed by atoms with Gasteiger partial charge in [0, 0.05) is 6.04 Å². The normalized spacial score (nSPS) is 12.6. The van der Waals surface area contributed by atoms with Crippen molar-refractivity contribution in [3.63, 3.8) is 0 Å². The number of para-hydroxylation sites is 1. The number of hydrogen-bond donors (Lipinski definition) is 3. The number of carboxylic acid groups (broad SMARTS) is 1. The van der Waals surface area contributed by atoms with Gasteiger partial charge in [0.1, 0.15) is 0 Å². The maximum Gasteiger partial charge on any atom is 0.319 e. The predicted octanol–water partition coefficient (Wildman–Crippen LogP) is 3.66. The largest absolute Gasteiger partial charge is 0.481 e. The Balaban J connectivity index is 2.81. The number of hydrogen-bond acceptors (Lipinski definition) is 2. The van der Waals surface area contributed by atoms with E-state index in [-0.39, 0.29) is 11.8 Å². The van der Waals surface area contributed by atoms with E-state index >= 15 is 0 Å². The zero-order chi connectivity index (χ0) is 16.2. The number of rotatable bonds is 4. The molecule has 0 fully saturated rings. The first kappa shape index (κ1) is 17.3. The summed E-state index contributed by atoms with van der Waals surface area (Å²) in [5.74, 6) is -0.954. The standard InChI is InChI=1S/C15H21ClN2O3/c1-9-6-5-7-10(16)13(9)18-14(21)17-11(8-12(19)20)15(2,3)4/h5-7,11H,8H2,1-4H3,(H,19,20)(H2,17,18,21). The maximum atomic E-state index is 12.1. The molecule has 2 amide bonds. The Morgan fingerprint density at radius 1 is 1.33 bits per heavy atom. The van der Waals surface area contributed by atoms with Crippen LogP contribution >= 0.6 is 11.6 Å². The third-order valence-corrected chi connectivity index (χ3v) is 3.50. The van der Waals surface area contributed by atoms with Gasteiger partial charge in [-0.05, 0) is 24.0 Å². The fourth-order valence-corrected chi connectivity index (χ4v) is 2.12. The molecule has 0 bridgehead atoms. The molecule has 0 aliphatic carbocycles. The number of carbonyl (C=O) groups excluding carboxylic acids is 1. The fourth-order valence-electron chi connectivity index (χ4n) is 1.85. The van der Waals surface area contributed by atoms with Crippen LogP contribution in [0.15, 0.2) is 18.2 Å². The second-order valence-corrected chi connectivity index (χ2v) is 6.45. The maximum absolute atomic E-state index is 12.1. The van der Waals surface area contributed by atoms with Crippen LogP contribution in [0.5, 0.6) is 0 Å². The molecule has 6 heteroatoms. The molecule has 0 spiro atoms. The van der Waals surface area contributed by atoms with Gasteiger partial charge in [0.2, 0.25) is 0 Å². The lowest BCUT2D eigenvalue weighted by Crippen LogP contribution is -2.46. The molecular formula is C15H21ClN2O3. The van der Waals surface area contributed by atoms with Crippen LogP contribution in [0.2, 0.25) is 5.02 Å². The van der Waals surface area contributed by atoms with Crippen molar-refractivity contribution >= 4 is 29.3 Å². The molecule has 0 aromatic heterocycles. The number of carbonyl (C=O) groups is 2. The summed E-state index contributed by atoms with van der Waals surface area (Å²) in [5, 5.41) is 14.8. The number of anilines is 1. The van der Waals surface area contributed by atoms with Crippen LogP contribution in [0.1, 0.15) is 32.8 Å². The van der Waals surface area contributed by atoms with Gasteiger partial charge in [-0.15, -0.1) is 0 Å². The highest BCUT2D eigenvalue weighted by Crippen LogP contribution is 2.26. The van der Waals surface area contributed by atoms with Crippen molar-refractivity contribution in [3.8, 4) is 0 Å². The summed E-state index contributed by atoms with van der Waals surface area (Å²) < 4.78 is 0. The topological polar surface area (TPSA) is 78.4 Å². The van der Waals surface area contributed by atoms with Gasteiger partial charge in [-0.3, -0.25) is 4.79 Å². The van der Waals surface area contributed by atoms with Gasteiger partial charge in [0.15, 0.2) is 0 Å². The zero-order valence-corrected chi connectivity index (χ0v) is 13.4. The van der Waals surface area contributed by atoms with Crippen LogP contribution in [0, 0.1) is 12.3 Å². The Morgan fingerprint density at radius 2 is 1.95 bits per heavy atom. The van der Waals surface area contributed by atoms with E-state index in [0.717, 1.165) is 5.56 Å². The number of urea groups is 1. The van der Waals surface area contributed by atoms with Crippen molar-refractivity contribution in [2.24, 2.45) is 5.41 Å². The van der Waals surface area contributed by atoms with Gasteiger partial charge in [-0.25, -0.2) is 4.79 Å². The molecule has 3 N–H and O–H groups in total. The van der Waals surface area contributed by atoms with Crippen molar-refractivity contribution in [1.29, 1.82) is 0 Å².